The van der Waals surface area contributed by atoms with E-state index in [0.717, 1.165) is 37.0 Å². The first-order chi connectivity index (χ1) is 8.08. The standard InChI is InChI=1S/C13H24N4/c1-6-8-14-11-9-12(17(5)7-2)16-13(15-11)10(3)4/h9-10H,6-8H2,1-5H3,(H,14,15,16). The van der Waals surface area contributed by atoms with Crippen LogP contribution in [0.1, 0.15) is 45.9 Å². The molecule has 1 aromatic rings. The Bertz CT molecular complexity index is 349. The molecule has 4 nitrogen and oxygen atoms in total. The molecule has 4 heteroatoms. The van der Waals surface area contributed by atoms with E-state index in [9.17, 15) is 0 Å². The van der Waals surface area contributed by atoms with Gasteiger partial charge in [-0.3, -0.25) is 0 Å². The summed E-state index contributed by atoms with van der Waals surface area (Å²) in [5, 5.41) is 3.33. The smallest absolute Gasteiger partial charge is 0.135 e. The van der Waals surface area contributed by atoms with E-state index in [2.05, 4.69) is 54.9 Å². The average Bonchev–Trinajstić information content (AvgIpc) is 2.34. The molecule has 1 rings (SSSR count). The third kappa shape index (κ3) is 3.88. The molecule has 1 N–H and O–H groups in total. The van der Waals surface area contributed by atoms with Crippen LogP contribution in [0.25, 0.3) is 0 Å². The Balaban J connectivity index is 3.00. The molecule has 96 valence electrons. The number of nitrogens with zero attached hydrogens (tertiary/aromatic N) is 3. The monoisotopic (exact) mass is 236 g/mol. The summed E-state index contributed by atoms with van der Waals surface area (Å²) in [5.74, 6) is 3.18. The summed E-state index contributed by atoms with van der Waals surface area (Å²) in [6, 6.07) is 2.02. The maximum atomic E-state index is 4.59. The van der Waals surface area contributed by atoms with E-state index in [4.69, 9.17) is 0 Å². The van der Waals surface area contributed by atoms with Crippen LogP contribution in [0.15, 0.2) is 6.07 Å². The molecule has 0 bridgehead atoms. The van der Waals surface area contributed by atoms with E-state index in [1.165, 1.54) is 0 Å². The van der Waals surface area contributed by atoms with Crippen molar-refractivity contribution in [3.8, 4) is 0 Å². The molecule has 17 heavy (non-hydrogen) atoms. The molecule has 0 aliphatic carbocycles. The summed E-state index contributed by atoms with van der Waals surface area (Å²) < 4.78 is 0. The van der Waals surface area contributed by atoms with E-state index in [1.54, 1.807) is 0 Å². The van der Waals surface area contributed by atoms with Crippen LogP contribution in [-0.2, 0) is 0 Å². The summed E-state index contributed by atoms with van der Waals surface area (Å²) in [6.07, 6.45) is 1.10. The second kappa shape index (κ2) is 6.42. The summed E-state index contributed by atoms with van der Waals surface area (Å²) in [7, 11) is 2.05. The van der Waals surface area contributed by atoms with Crippen molar-refractivity contribution >= 4 is 11.6 Å². The fourth-order valence-electron chi connectivity index (χ4n) is 1.41. The van der Waals surface area contributed by atoms with Crippen molar-refractivity contribution in [2.24, 2.45) is 0 Å². The molecule has 0 fully saturated rings. The van der Waals surface area contributed by atoms with Crippen molar-refractivity contribution in [3.63, 3.8) is 0 Å². The first-order valence-corrected chi connectivity index (χ1v) is 6.42. The van der Waals surface area contributed by atoms with Crippen LogP contribution in [0.5, 0.6) is 0 Å². The van der Waals surface area contributed by atoms with Crippen LogP contribution in [0.2, 0.25) is 0 Å². The highest BCUT2D eigenvalue weighted by Gasteiger charge is 2.09. The fourth-order valence-corrected chi connectivity index (χ4v) is 1.41. The highest BCUT2D eigenvalue weighted by Crippen LogP contribution is 2.19. The highest BCUT2D eigenvalue weighted by atomic mass is 15.2. The topological polar surface area (TPSA) is 41.0 Å². The van der Waals surface area contributed by atoms with Crippen molar-refractivity contribution in [1.29, 1.82) is 0 Å². The summed E-state index contributed by atoms with van der Waals surface area (Å²) in [6.45, 7) is 10.4. The largest absolute Gasteiger partial charge is 0.370 e. The predicted molar refractivity (Wildman–Crippen MR) is 73.8 cm³/mol. The molecule has 0 amide bonds. The molecule has 0 saturated heterocycles. The molecule has 0 radical (unpaired) electrons. The Morgan fingerprint density at radius 1 is 1.29 bits per heavy atom. The van der Waals surface area contributed by atoms with Crippen LogP contribution in [-0.4, -0.2) is 30.1 Å². The number of nitrogens with one attached hydrogen (secondary N) is 1. The zero-order chi connectivity index (χ0) is 12.8. The first-order valence-electron chi connectivity index (χ1n) is 6.42. The van der Waals surface area contributed by atoms with Gasteiger partial charge >= 0.3 is 0 Å². The zero-order valence-electron chi connectivity index (χ0n) is 11.6. The van der Waals surface area contributed by atoms with Gasteiger partial charge in [-0.15, -0.1) is 0 Å². The number of aromatic nitrogens is 2. The van der Waals surface area contributed by atoms with Crippen molar-refractivity contribution < 1.29 is 0 Å². The second-order valence-corrected chi connectivity index (χ2v) is 4.57. The summed E-state index contributed by atoms with van der Waals surface area (Å²) in [4.78, 5) is 11.3. The van der Waals surface area contributed by atoms with Crippen molar-refractivity contribution in [3.05, 3.63) is 11.9 Å². The Kier molecular flexibility index (Phi) is 5.19. The van der Waals surface area contributed by atoms with Gasteiger partial charge in [0.05, 0.1) is 0 Å². The van der Waals surface area contributed by atoms with Gasteiger partial charge in [0.2, 0.25) is 0 Å². The van der Waals surface area contributed by atoms with Gasteiger partial charge in [0, 0.05) is 32.1 Å². The van der Waals surface area contributed by atoms with Gasteiger partial charge in [0.15, 0.2) is 0 Å². The van der Waals surface area contributed by atoms with Crippen molar-refractivity contribution in [2.75, 3.05) is 30.4 Å². The zero-order valence-corrected chi connectivity index (χ0v) is 11.6. The summed E-state index contributed by atoms with van der Waals surface area (Å²) >= 11 is 0. The van der Waals surface area contributed by atoms with Gasteiger partial charge in [-0.1, -0.05) is 20.8 Å². The minimum atomic E-state index is 0.349. The van der Waals surface area contributed by atoms with Gasteiger partial charge in [-0.05, 0) is 13.3 Å². The van der Waals surface area contributed by atoms with E-state index in [-0.39, 0.29) is 0 Å². The van der Waals surface area contributed by atoms with E-state index < -0.39 is 0 Å². The number of anilines is 2. The lowest BCUT2D eigenvalue weighted by atomic mass is 10.2. The minimum Gasteiger partial charge on any atom is -0.370 e. The quantitative estimate of drug-likeness (QED) is 0.824. The minimum absolute atomic E-state index is 0.349. The Morgan fingerprint density at radius 3 is 2.53 bits per heavy atom. The lowest BCUT2D eigenvalue weighted by Crippen LogP contribution is -2.19. The number of hydrogen-bond donors (Lipinski definition) is 1. The second-order valence-electron chi connectivity index (χ2n) is 4.57. The van der Waals surface area contributed by atoms with E-state index in [0.29, 0.717) is 5.92 Å². The fraction of sp³-hybridized carbons (Fsp3) is 0.692. The first kappa shape index (κ1) is 13.7. The number of rotatable bonds is 6. The average molecular weight is 236 g/mol. The van der Waals surface area contributed by atoms with Crippen molar-refractivity contribution in [2.45, 2.75) is 40.0 Å². The summed E-state index contributed by atoms with van der Waals surface area (Å²) in [5.41, 5.74) is 0. The van der Waals surface area contributed by atoms with Gasteiger partial charge < -0.3 is 10.2 Å². The lowest BCUT2D eigenvalue weighted by molar-refractivity contribution is 0.765. The normalized spacial score (nSPS) is 10.7. The molecule has 1 aromatic heterocycles. The highest BCUT2D eigenvalue weighted by molar-refractivity contribution is 5.49. The molecule has 0 aromatic carbocycles. The molecule has 0 aliphatic heterocycles. The maximum absolute atomic E-state index is 4.59. The molecule has 0 atom stereocenters. The van der Waals surface area contributed by atoms with Crippen LogP contribution < -0.4 is 10.2 Å². The van der Waals surface area contributed by atoms with Gasteiger partial charge in [-0.2, -0.15) is 0 Å². The van der Waals surface area contributed by atoms with Gasteiger partial charge in [0.1, 0.15) is 17.5 Å². The molecule has 1 heterocycles. The molecule has 0 saturated carbocycles. The van der Waals surface area contributed by atoms with Crippen LogP contribution in [0.3, 0.4) is 0 Å². The molecule has 0 unspecified atom stereocenters. The molecule has 0 aliphatic rings. The maximum Gasteiger partial charge on any atom is 0.135 e. The Hall–Kier alpha value is -1.32. The predicted octanol–water partition coefficient (Wildman–Crippen LogP) is 2.88. The Morgan fingerprint density at radius 2 is 2.00 bits per heavy atom. The van der Waals surface area contributed by atoms with Crippen LogP contribution >= 0.6 is 0 Å². The molecule has 0 spiro atoms. The number of hydrogen-bond acceptors (Lipinski definition) is 4. The third-order valence-corrected chi connectivity index (χ3v) is 2.67. The SMILES string of the molecule is CCCNc1cc(N(C)CC)nc(C(C)C)n1. The van der Waals surface area contributed by atoms with E-state index in [1.807, 2.05) is 6.07 Å². The Labute approximate surface area is 104 Å². The van der Waals surface area contributed by atoms with Gasteiger partial charge in [0.25, 0.3) is 0 Å². The van der Waals surface area contributed by atoms with Crippen LogP contribution in [0.4, 0.5) is 11.6 Å². The third-order valence-electron chi connectivity index (χ3n) is 2.67. The van der Waals surface area contributed by atoms with Gasteiger partial charge in [-0.25, -0.2) is 9.97 Å². The molecular weight excluding hydrogens is 212 g/mol. The van der Waals surface area contributed by atoms with Crippen LogP contribution in [0, 0.1) is 0 Å². The lowest BCUT2D eigenvalue weighted by Gasteiger charge is -2.18. The molecular formula is C13H24N4. The van der Waals surface area contributed by atoms with E-state index >= 15 is 0 Å². The van der Waals surface area contributed by atoms with Crippen molar-refractivity contribution in [1.82, 2.24) is 9.97 Å².